The van der Waals surface area contributed by atoms with Gasteiger partial charge in [0.1, 0.15) is 0 Å². The van der Waals surface area contributed by atoms with Crippen LogP contribution in [0.3, 0.4) is 0 Å². The van der Waals surface area contributed by atoms with Crippen LogP contribution in [-0.4, -0.2) is 16.9 Å². The molecule has 0 bridgehead atoms. The van der Waals surface area contributed by atoms with E-state index in [1.54, 1.807) is 0 Å². The largest absolute Gasteiger partial charge is 0.348 e. The predicted octanol–water partition coefficient (Wildman–Crippen LogP) is 3.05. The number of pyridine rings is 1. The Bertz CT molecular complexity index is 419. The maximum absolute atomic E-state index is 13.5. The molecule has 5 heteroatoms. The molecule has 1 aliphatic carbocycles. The lowest BCUT2D eigenvalue weighted by atomic mass is 9.95. The van der Waals surface area contributed by atoms with Crippen molar-refractivity contribution in [1.29, 1.82) is 0 Å². The molecule has 92 valence electrons. The van der Waals surface area contributed by atoms with Crippen LogP contribution in [-0.2, 0) is 0 Å². The Morgan fingerprint density at radius 2 is 2.12 bits per heavy atom. The third kappa shape index (κ3) is 3.25. The van der Waals surface area contributed by atoms with E-state index in [2.05, 4.69) is 26.2 Å². The molecule has 0 saturated heterocycles. The van der Waals surface area contributed by atoms with E-state index in [4.69, 9.17) is 0 Å². The fourth-order valence-electron chi connectivity index (χ4n) is 2.08. The second-order valence-corrected chi connectivity index (χ2v) is 5.21. The molecular weight excluding hydrogens is 287 g/mol. The van der Waals surface area contributed by atoms with E-state index < -0.39 is 11.7 Å². The Morgan fingerprint density at radius 3 is 2.76 bits per heavy atom. The maximum atomic E-state index is 13.5. The van der Waals surface area contributed by atoms with E-state index in [1.165, 1.54) is 18.7 Å². The molecule has 0 atom stereocenters. The SMILES string of the molecule is O=C(NC1CCCCC1)c1ncc(Br)cc1F. The molecule has 0 spiro atoms. The fourth-order valence-corrected chi connectivity index (χ4v) is 2.39. The number of amides is 1. The number of halogens is 2. The number of hydrogen-bond acceptors (Lipinski definition) is 2. The van der Waals surface area contributed by atoms with E-state index >= 15 is 0 Å². The zero-order valence-corrected chi connectivity index (χ0v) is 11.0. The molecule has 1 fully saturated rings. The average Bonchev–Trinajstić information content (AvgIpc) is 2.30. The summed E-state index contributed by atoms with van der Waals surface area (Å²) in [6, 6.07) is 1.42. The summed E-state index contributed by atoms with van der Waals surface area (Å²) in [5, 5.41) is 2.84. The summed E-state index contributed by atoms with van der Waals surface area (Å²) < 4.78 is 14.0. The fraction of sp³-hybridized carbons (Fsp3) is 0.500. The van der Waals surface area contributed by atoms with Gasteiger partial charge in [-0.05, 0) is 34.8 Å². The van der Waals surface area contributed by atoms with Crippen molar-refractivity contribution in [3.63, 3.8) is 0 Å². The third-order valence-electron chi connectivity index (χ3n) is 2.96. The first kappa shape index (κ1) is 12.5. The van der Waals surface area contributed by atoms with Gasteiger partial charge in [-0.3, -0.25) is 4.79 Å². The van der Waals surface area contributed by atoms with Crippen LogP contribution in [0.4, 0.5) is 4.39 Å². The molecule has 17 heavy (non-hydrogen) atoms. The molecule has 1 heterocycles. The van der Waals surface area contributed by atoms with Gasteiger partial charge in [0.15, 0.2) is 11.5 Å². The van der Waals surface area contributed by atoms with Crippen LogP contribution in [0.1, 0.15) is 42.6 Å². The number of aromatic nitrogens is 1. The average molecular weight is 301 g/mol. The molecule has 0 aliphatic heterocycles. The Kier molecular flexibility index (Phi) is 4.10. The molecular formula is C12H14BrFN2O. The lowest BCUT2D eigenvalue weighted by molar-refractivity contribution is 0.0918. The van der Waals surface area contributed by atoms with Gasteiger partial charge in [-0.15, -0.1) is 0 Å². The zero-order chi connectivity index (χ0) is 12.3. The highest BCUT2D eigenvalue weighted by molar-refractivity contribution is 9.10. The summed E-state index contributed by atoms with van der Waals surface area (Å²) >= 11 is 3.11. The van der Waals surface area contributed by atoms with Crippen molar-refractivity contribution in [3.05, 3.63) is 28.2 Å². The predicted molar refractivity (Wildman–Crippen MR) is 66.2 cm³/mol. The molecule has 1 aliphatic rings. The summed E-state index contributed by atoms with van der Waals surface area (Å²) in [4.78, 5) is 15.6. The van der Waals surface area contributed by atoms with E-state index in [9.17, 15) is 9.18 Å². The van der Waals surface area contributed by atoms with Crippen molar-refractivity contribution in [2.24, 2.45) is 0 Å². The van der Waals surface area contributed by atoms with Gasteiger partial charge in [0, 0.05) is 16.7 Å². The zero-order valence-electron chi connectivity index (χ0n) is 9.38. The van der Waals surface area contributed by atoms with Crippen molar-refractivity contribution >= 4 is 21.8 Å². The highest BCUT2D eigenvalue weighted by Gasteiger charge is 2.19. The second kappa shape index (κ2) is 5.58. The maximum Gasteiger partial charge on any atom is 0.273 e. The van der Waals surface area contributed by atoms with Crippen molar-refractivity contribution in [1.82, 2.24) is 10.3 Å². The highest BCUT2D eigenvalue weighted by Crippen LogP contribution is 2.18. The quantitative estimate of drug-likeness (QED) is 0.912. The molecule has 0 radical (unpaired) electrons. The standard InChI is InChI=1S/C12H14BrFN2O/c13-8-6-10(14)11(15-7-8)12(17)16-9-4-2-1-3-5-9/h6-7,9H,1-5H2,(H,16,17). The Balaban J connectivity index is 2.03. The number of carbonyl (C=O) groups excluding carboxylic acids is 1. The van der Waals surface area contributed by atoms with Gasteiger partial charge in [-0.2, -0.15) is 0 Å². The van der Waals surface area contributed by atoms with Crippen LogP contribution >= 0.6 is 15.9 Å². The first-order chi connectivity index (χ1) is 8.16. The first-order valence-corrected chi connectivity index (χ1v) is 6.58. The van der Waals surface area contributed by atoms with Gasteiger partial charge in [0.25, 0.3) is 5.91 Å². The Hall–Kier alpha value is -0.970. The summed E-state index contributed by atoms with van der Waals surface area (Å²) in [6.07, 6.45) is 6.85. The Labute approximate surface area is 108 Å². The summed E-state index contributed by atoms with van der Waals surface area (Å²) in [5.74, 6) is -1.01. The van der Waals surface area contributed by atoms with Crippen LogP contribution < -0.4 is 5.32 Å². The molecule has 3 nitrogen and oxygen atoms in total. The monoisotopic (exact) mass is 300 g/mol. The van der Waals surface area contributed by atoms with Crippen LogP contribution in [0.5, 0.6) is 0 Å². The van der Waals surface area contributed by atoms with E-state index in [0.29, 0.717) is 4.47 Å². The molecule has 1 saturated carbocycles. The number of hydrogen-bond donors (Lipinski definition) is 1. The summed E-state index contributed by atoms with van der Waals surface area (Å²) in [5.41, 5.74) is -0.126. The molecule has 1 aromatic rings. The van der Waals surface area contributed by atoms with Gasteiger partial charge < -0.3 is 5.32 Å². The van der Waals surface area contributed by atoms with Crippen LogP contribution in [0.15, 0.2) is 16.7 Å². The Morgan fingerprint density at radius 1 is 1.41 bits per heavy atom. The topological polar surface area (TPSA) is 42.0 Å². The second-order valence-electron chi connectivity index (χ2n) is 4.29. The van der Waals surface area contributed by atoms with Crippen LogP contribution in [0.2, 0.25) is 0 Å². The number of nitrogens with one attached hydrogen (secondary N) is 1. The third-order valence-corrected chi connectivity index (χ3v) is 3.40. The van der Waals surface area contributed by atoms with E-state index in [-0.39, 0.29) is 11.7 Å². The summed E-state index contributed by atoms with van der Waals surface area (Å²) in [6.45, 7) is 0. The number of carbonyl (C=O) groups is 1. The van der Waals surface area contributed by atoms with Gasteiger partial charge in [0.05, 0.1) is 0 Å². The molecule has 1 aromatic heterocycles. The van der Waals surface area contributed by atoms with Crippen molar-refractivity contribution in [2.45, 2.75) is 38.1 Å². The van der Waals surface area contributed by atoms with Crippen molar-refractivity contribution in [3.8, 4) is 0 Å². The van der Waals surface area contributed by atoms with E-state index in [0.717, 1.165) is 25.7 Å². The molecule has 1 N–H and O–H groups in total. The molecule has 0 unspecified atom stereocenters. The lowest BCUT2D eigenvalue weighted by Gasteiger charge is -2.22. The van der Waals surface area contributed by atoms with Gasteiger partial charge in [-0.1, -0.05) is 19.3 Å². The first-order valence-electron chi connectivity index (χ1n) is 5.79. The highest BCUT2D eigenvalue weighted by atomic mass is 79.9. The minimum Gasteiger partial charge on any atom is -0.348 e. The van der Waals surface area contributed by atoms with Gasteiger partial charge in [0.2, 0.25) is 0 Å². The molecule has 2 rings (SSSR count). The molecule has 1 amide bonds. The van der Waals surface area contributed by atoms with Crippen LogP contribution in [0, 0.1) is 5.82 Å². The summed E-state index contributed by atoms with van der Waals surface area (Å²) in [7, 11) is 0. The minimum atomic E-state index is -0.590. The molecule has 0 aromatic carbocycles. The van der Waals surface area contributed by atoms with Gasteiger partial charge in [-0.25, -0.2) is 9.37 Å². The van der Waals surface area contributed by atoms with Crippen molar-refractivity contribution in [2.75, 3.05) is 0 Å². The van der Waals surface area contributed by atoms with Gasteiger partial charge >= 0.3 is 0 Å². The number of nitrogens with zero attached hydrogens (tertiary/aromatic N) is 1. The van der Waals surface area contributed by atoms with Crippen LogP contribution in [0.25, 0.3) is 0 Å². The lowest BCUT2D eigenvalue weighted by Crippen LogP contribution is -2.37. The number of rotatable bonds is 2. The smallest absolute Gasteiger partial charge is 0.273 e. The van der Waals surface area contributed by atoms with E-state index in [1.807, 2.05) is 0 Å². The van der Waals surface area contributed by atoms with Crippen molar-refractivity contribution < 1.29 is 9.18 Å². The minimum absolute atomic E-state index is 0.126. The normalized spacial score (nSPS) is 16.8.